The van der Waals surface area contributed by atoms with E-state index in [0.717, 1.165) is 43.5 Å². The lowest BCUT2D eigenvalue weighted by Crippen LogP contribution is -2.45. The molecule has 3 rings (SSSR count). The number of nitrogens with one attached hydrogen (secondary N) is 1. The highest BCUT2D eigenvalue weighted by Crippen LogP contribution is 2.47. The van der Waals surface area contributed by atoms with E-state index in [9.17, 15) is 4.79 Å². The second-order valence-corrected chi connectivity index (χ2v) is 8.22. The van der Waals surface area contributed by atoms with Crippen LogP contribution in [0.1, 0.15) is 46.0 Å². The summed E-state index contributed by atoms with van der Waals surface area (Å²) in [6.45, 7) is 5.22. The maximum Gasteiger partial charge on any atom is 0.264 e. The Morgan fingerprint density at radius 1 is 1.29 bits per heavy atom. The Bertz CT molecular complexity index is 725. The van der Waals surface area contributed by atoms with E-state index in [4.69, 9.17) is 5.21 Å². The number of rotatable bonds is 7. The van der Waals surface area contributed by atoms with Gasteiger partial charge in [0, 0.05) is 11.4 Å². The van der Waals surface area contributed by atoms with Crippen LogP contribution in [0.2, 0.25) is 0 Å². The van der Waals surface area contributed by atoms with Crippen molar-refractivity contribution in [3.8, 4) is 0 Å². The number of amides is 1. The van der Waals surface area contributed by atoms with Gasteiger partial charge < -0.3 is 0 Å². The van der Waals surface area contributed by atoms with Gasteiger partial charge in [-0.25, -0.2) is 9.79 Å². The minimum atomic E-state index is -0.556. The molecule has 2 N–H and O–H groups in total. The number of hydroxylamine groups is 1. The first kappa shape index (κ1) is 17.5. The lowest BCUT2D eigenvalue weighted by atomic mass is 10.1. The van der Waals surface area contributed by atoms with E-state index in [0.29, 0.717) is 5.92 Å². The Balaban J connectivity index is 1.83. The Kier molecular flexibility index (Phi) is 5.33. The topological polar surface area (TPSA) is 52.6 Å². The van der Waals surface area contributed by atoms with Crippen molar-refractivity contribution in [2.24, 2.45) is 5.92 Å². The number of benzene rings is 1. The zero-order chi connectivity index (χ0) is 17.2. The van der Waals surface area contributed by atoms with Gasteiger partial charge >= 0.3 is 0 Å². The van der Waals surface area contributed by atoms with Crippen LogP contribution >= 0.6 is 11.9 Å². The normalized spacial score (nSPS) is 17.9. The molecule has 2 aliphatic rings. The minimum Gasteiger partial charge on any atom is -0.289 e. The number of hydrogen-bond acceptors (Lipinski definition) is 4. The number of hydrogen-bond donors (Lipinski definition) is 2. The van der Waals surface area contributed by atoms with Crippen molar-refractivity contribution in [1.29, 1.82) is 0 Å². The van der Waals surface area contributed by atoms with Crippen molar-refractivity contribution in [3.05, 3.63) is 28.6 Å². The maximum atomic E-state index is 12.2. The Labute approximate surface area is 147 Å². The molecular weight excluding hydrogens is 320 g/mol. The molecule has 2 aliphatic carbocycles. The Morgan fingerprint density at radius 2 is 2.00 bits per heavy atom. The van der Waals surface area contributed by atoms with Crippen LogP contribution in [-0.2, 0) is 4.79 Å². The summed E-state index contributed by atoms with van der Waals surface area (Å²) in [4.78, 5) is 13.3. The van der Waals surface area contributed by atoms with E-state index in [1.165, 1.54) is 10.4 Å². The summed E-state index contributed by atoms with van der Waals surface area (Å²) in [6.07, 6.45) is 9.39. The molecule has 0 spiro atoms. The summed E-state index contributed by atoms with van der Waals surface area (Å²) in [5.74, 6) is 0.296. The quantitative estimate of drug-likeness (QED) is 0.452. The van der Waals surface area contributed by atoms with E-state index in [1.807, 2.05) is 5.48 Å². The second-order valence-electron chi connectivity index (χ2n) is 7.12. The molecule has 1 fully saturated rings. The summed E-state index contributed by atoms with van der Waals surface area (Å²) in [5.41, 5.74) is 1.31. The predicted octanol–water partition coefficient (Wildman–Crippen LogP) is 2.43. The highest BCUT2D eigenvalue weighted by molar-refractivity contribution is 7.97. The molecule has 0 aromatic heterocycles. The van der Waals surface area contributed by atoms with E-state index in [-0.39, 0.29) is 5.91 Å². The second kappa shape index (κ2) is 7.30. The van der Waals surface area contributed by atoms with Crippen molar-refractivity contribution in [2.45, 2.75) is 56.4 Å². The molecule has 130 valence electrons. The summed E-state index contributed by atoms with van der Waals surface area (Å²) >= 11 is 1.64. The highest BCUT2D eigenvalue weighted by atomic mass is 32.2. The third kappa shape index (κ3) is 3.68. The van der Waals surface area contributed by atoms with Crippen molar-refractivity contribution in [3.63, 3.8) is 0 Å². The fraction of sp³-hybridized carbons (Fsp3) is 0.526. The van der Waals surface area contributed by atoms with Crippen LogP contribution in [0.4, 0.5) is 0 Å². The maximum absolute atomic E-state index is 12.2. The molecule has 0 aliphatic heterocycles. The first-order chi connectivity index (χ1) is 11.5. The highest BCUT2D eigenvalue weighted by Gasteiger charge is 2.55. The van der Waals surface area contributed by atoms with Gasteiger partial charge in [-0.2, -0.15) is 0 Å². The van der Waals surface area contributed by atoms with Crippen LogP contribution in [0.25, 0.3) is 12.2 Å². The van der Waals surface area contributed by atoms with Crippen molar-refractivity contribution in [1.82, 2.24) is 9.79 Å². The van der Waals surface area contributed by atoms with Gasteiger partial charge in [-0.3, -0.25) is 10.0 Å². The molecule has 1 aromatic rings. The number of carbonyl (C=O) groups is 1. The predicted molar refractivity (Wildman–Crippen MR) is 97.8 cm³/mol. The first-order valence-corrected chi connectivity index (χ1v) is 9.53. The largest absolute Gasteiger partial charge is 0.289 e. The minimum absolute atomic E-state index is 0.281. The molecule has 0 saturated heterocycles. The summed E-state index contributed by atoms with van der Waals surface area (Å²) in [7, 11) is 0. The monoisotopic (exact) mass is 346 g/mol. The van der Waals surface area contributed by atoms with E-state index < -0.39 is 5.54 Å². The van der Waals surface area contributed by atoms with Gasteiger partial charge in [0.15, 0.2) is 0 Å². The third-order valence-corrected chi connectivity index (χ3v) is 6.02. The van der Waals surface area contributed by atoms with Gasteiger partial charge in [0.1, 0.15) is 5.54 Å². The van der Waals surface area contributed by atoms with Crippen molar-refractivity contribution in [2.75, 3.05) is 6.54 Å². The van der Waals surface area contributed by atoms with Crippen LogP contribution in [0, 0.1) is 5.92 Å². The number of carbonyl (C=O) groups excluding carboxylic acids is 1. The fourth-order valence-electron chi connectivity index (χ4n) is 3.11. The first-order valence-electron chi connectivity index (χ1n) is 8.76. The van der Waals surface area contributed by atoms with Gasteiger partial charge in [0.2, 0.25) is 0 Å². The third-order valence-electron chi connectivity index (χ3n) is 4.80. The molecule has 5 heteroatoms. The molecule has 1 aromatic carbocycles. The van der Waals surface area contributed by atoms with Crippen LogP contribution in [0.5, 0.6) is 0 Å². The molecule has 1 amide bonds. The fourth-order valence-corrected chi connectivity index (χ4v) is 4.31. The van der Waals surface area contributed by atoms with Gasteiger partial charge in [-0.05, 0) is 72.5 Å². The average molecular weight is 346 g/mol. The molecule has 4 nitrogen and oxygen atoms in total. The zero-order valence-corrected chi connectivity index (χ0v) is 15.2. The Hall–Kier alpha value is -1.30. The van der Waals surface area contributed by atoms with E-state index in [1.54, 1.807) is 11.9 Å². The van der Waals surface area contributed by atoms with Crippen LogP contribution in [-0.4, -0.2) is 27.5 Å². The Morgan fingerprint density at radius 3 is 2.62 bits per heavy atom. The number of nitrogens with zero attached hydrogens (tertiary/aromatic N) is 1. The SMILES string of the molecule is CC(C)CCN(Sc1ccc2c(c1)=CCCC=2)C1(C(=O)NO)CC1. The molecule has 0 unspecified atom stereocenters. The summed E-state index contributed by atoms with van der Waals surface area (Å²) in [6, 6.07) is 6.51. The van der Waals surface area contributed by atoms with Crippen molar-refractivity contribution < 1.29 is 10.0 Å². The van der Waals surface area contributed by atoms with Crippen LogP contribution < -0.4 is 15.9 Å². The molecule has 1 saturated carbocycles. The lowest BCUT2D eigenvalue weighted by molar-refractivity contribution is -0.134. The molecule has 0 atom stereocenters. The van der Waals surface area contributed by atoms with Crippen molar-refractivity contribution >= 4 is 30.0 Å². The van der Waals surface area contributed by atoms with Gasteiger partial charge in [-0.15, -0.1) is 0 Å². The zero-order valence-electron chi connectivity index (χ0n) is 14.4. The molecule has 0 radical (unpaired) electrons. The van der Waals surface area contributed by atoms with Crippen LogP contribution in [0.15, 0.2) is 23.1 Å². The smallest absolute Gasteiger partial charge is 0.264 e. The lowest BCUT2D eigenvalue weighted by Gasteiger charge is -2.29. The van der Waals surface area contributed by atoms with Crippen LogP contribution in [0.3, 0.4) is 0 Å². The van der Waals surface area contributed by atoms with E-state index in [2.05, 4.69) is 48.5 Å². The molecule has 24 heavy (non-hydrogen) atoms. The average Bonchev–Trinajstić information content (AvgIpc) is 3.39. The summed E-state index contributed by atoms with van der Waals surface area (Å²) < 4.78 is 2.17. The molecule has 0 bridgehead atoms. The van der Waals surface area contributed by atoms with Gasteiger partial charge in [0.05, 0.1) is 0 Å². The molecule has 0 heterocycles. The van der Waals surface area contributed by atoms with E-state index >= 15 is 0 Å². The summed E-state index contributed by atoms with van der Waals surface area (Å²) in [5, 5.41) is 11.7. The number of fused-ring (bicyclic) bond motifs is 1. The molecular formula is C19H26N2O2S. The van der Waals surface area contributed by atoms with Gasteiger partial charge in [0.25, 0.3) is 5.91 Å². The van der Waals surface area contributed by atoms with Gasteiger partial charge in [-0.1, -0.05) is 32.1 Å². The standard InChI is InChI=1S/C19H26N2O2S/c1-14(2)9-12-21(19(10-11-19)18(22)20-23)24-17-8-7-15-5-3-4-6-16(15)13-17/h5-8,13-14,23H,3-4,9-12H2,1-2H3,(H,20,22).